The maximum Gasteiger partial charge on any atom is 0.240 e. The van der Waals surface area contributed by atoms with E-state index < -0.39 is 15.8 Å². The molecule has 3 rings (SSSR count). The third-order valence-corrected chi connectivity index (χ3v) is 5.83. The molecule has 0 spiro atoms. The van der Waals surface area contributed by atoms with Gasteiger partial charge < -0.3 is 4.74 Å². The smallest absolute Gasteiger partial charge is 0.240 e. The van der Waals surface area contributed by atoms with E-state index in [1.807, 2.05) is 0 Å². The van der Waals surface area contributed by atoms with Gasteiger partial charge in [0.2, 0.25) is 15.9 Å². The van der Waals surface area contributed by atoms with E-state index in [2.05, 4.69) is 9.71 Å². The summed E-state index contributed by atoms with van der Waals surface area (Å²) < 4.78 is 46.7. The van der Waals surface area contributed by atoms with Crippen LogP contribution in [0.25, 0.3) is 0 Å². The number of aryl methyl sites for hydroxylation is 1. The van der Waals surface area contributed by atoms with Crippen molar-refractivity contribution in [2.24, 2.45) is 0 Å². The van der Waals surface area contributed by atoms with E-state index in [9.17, 15) is 12.8 Å². The third kappa shape index (κ3) is 6.00. The SMILES string of the molecule is O=S(=O)(NCc1cccnc1Oc1cccc(F)c1)c1ccc(CCCCl)cc1. The number of nitrogens with one attached hydrogen (secondary N) is 1. The van der Waals surface area contributed by atoms with Gasteiger partial charge in [-0.15, -0.1) is 11.6 Å². The highest BCUT2D eigenvalue weighted by Gasteiger charge is 2.15. The summed E-state index contributed by atoms with van der Waals surface area (Å²) in [6.07, 6.45) is 3.15. The first kappa shape index (κ1) is 21.2. The number of alkyl halides is 1. The zero-order valence-electron chi connectivity index (χ0n) is 15.5. The van der Waals surface area contributed by atoms with Crippen LogP contribution < -0.4 is 9.46 Å². The molecule has 0 aliphatic heterocycles. The third-order valence-electron chi connectivity index (χ3n) is 4.15. The Morgan fingerprint density at radius 3 is 2.59 bits per heavy atom. The fourth-order valence-electron chi connectivity index (χ4n) is 2.65. The molecule has 0 unspecified atom stereocenters. The molecule has 0 amide bonds. The molecular weight excluding hydrogens is 415 g/mol. The van der Waals surface area contributed by atoms with Crippen LogP contribution in [0, 0.1) is 5.82 Å². The Hall–Kier alpha value is -2.48. The van der Waals surface area contributed by atoms with Crippen molar-refractivity contribution in [3.05, 3.63) is 83.8 Å². The van der Waals surface area contributed by atoms with Crippen molar-refractivity contribution in [3.63, 3.8) is 0 Å². The van der Waals surface area contributed by atoms with Gasteiger partial charge in [0.15, 0.2) is 0 Å². The molecule has 0 bridgehead atoms. The molecule has 0 saturated heterocycles. The van der Waals surface area contributed by atoms with Crippen LogP contribution in [0.15, 0.2) is 71.8 Å². The molecule has 3 aromatic rings. The van der Waals surface area contributed by atoms with Gasteiger partial charge in [-0.1, -0.05) is 24.3 Å². The van der Waals surface area contributed by atoms with Crippen LogP contribution in [-0.2, 0) is 23.0 Å². The molecule has 1 aromatic heterocycles. The van der Waals surface area contributed by atoms with Crippen molar-refractivity contribution in [1.82, 2.24) is 9.71 Å². The molecule has 0 aliphatic rings. The average Bonchev–Trinajstić information content (AvgIpc) is 2.72. The van der Waals surface area contributed by atoms with Crippen molar-refractivity contribution in [2.45, 2.75) is 24.3 Å². The van der Waals surface area contributed by atoms with Gasteiger partial charge in [0.25, 0.3) is 0 Å². The van der Waals surface area contributed by atoms with Gasteiger partial charge in [-0.3, -0.25) is 0 Å². The molecule has 1 N–H and O–H groups in total. The second kappa shape index (κ2) is 9.82. The predicted octanol–water partition coefficient (Wildman–Crippen LogP) is 4.66. The number of hydrogen-bond donors (Lipinski definition) is 1. The molecule has 0 aliphatic carbocycles. The maximum atomic E-state index is 13.4. The summed E-state index contributed by atoms with van der Waals surface area (Å²) in [6, 6.07) is 15.7. The highest BCUT2D eigenvalue weighted by atomic mass is 35.5. The number of pyridine rings is 1. The average molecular weight is 435 g/mol. The van der Waals surface area contributed by atoms with E-state index >= 15 is 0 Å². The monoisotopic (exact) mass is 434 g/mol. The van der Waals surface area contributed by atoms with Crippen LogP contribution in [0.5, 0.6) is 11.6 Å². The van der Waals surface area contributed by atoms with Crippen LogP contribution in [0.2, 0.25) is 0 Å². The van der Waals surface area contributed by atoms with Gasteiger partial charge in [-0.25, -0.2) is 22.5 Å². The normalized spacial score (nSPS) is 11.4. The molecule has 0 fully saturated rings. The molecule has 152 valence electrons. The molecule has 2 aromatic carbocycles. The number of hydrogen-bond acceptors (Lipinski definition) is 4. The Kier molecular flexibility index (Phi) is 7.19. The molecule has 0 atom stereocenters. The molecule has 8 heteroatoms. The quantitative estimate of drug-likeness (QED) is 0.497. The zero-order valence-corrected chi connectivity index (χ0v) is 17.1. The first-order chi connectivity index (χ1) is 14.0. The van der Waals surface area contributed by atoms with Gasteiger partial charge in [0.1, 0.15) is 11.6 Å². The summed E-state index contributed by atoms with van der Waals surface area (Å²) in [5, 5.41) is 0. The van der Waals surface area contributed by atoms with Crippen LogP contribution in [0.4, 0.5) is 4.39 Å². The number of aromatic nitrogens is 1. The number of benzene rings is 2. The number of rotatable bonds is 9. The molecule has 0 saturated carbocycles. The van der Waals surface area contributed by atoms with E-state index in [4.69, 9.17) is 16.3 Å². The molecule has 1 heterocycles. The fourth-order valence-corrected chi connectivity index (χ4v) is 3.80. The minimum atomic E-state index is -3.71. The first-order valence-corrected chi connectivity index (χ1v) is 11.0. The Bertz CT molecular complexity index is 1060. The summed E-state index contributed by atoms with van der Waals surface area (Å²) in [6.45, 7) is -0.0190. The topological polar surface area (TPSA) is 68.3 Å². The number of halogens is 2. The van der Waals surface area contributed by atoms with Gasteiger partial charge in [0.05, 0.1) is 4.90 Å². The minimum Gasteiger partial charge on any atom is -0.439 e. The van der Waals surface area contributed by atoms with E-state index in [0.717, 1.165) is 18.4 Å². The lowest BCUT2D eigenvalue weighted by atomic mass is 10.1. The van der Waals surface area contributed by atoms with Crippen molar-refractivity contribution in [3.8, 4) is 11.6 Å². The highest BCUT2D eigenvalue weighted by Crippen LogP contribution is 2.24. The van der Waals surface area contributed by atoms with E-state index in [-0.39, 0.29) is 23.1 Å². The van der Waals surface area contributed by atoms with Crippen LogP contribution >= 0.6 is 11.6 Å². The van der Waals surface area contributed by atoms with Crippen molar-refractivity contribution >= 4 is 21.6 Å². The number of ether oxygens (including phenoxy) is 1. The first-order valence-electron chi connectivity index (χ1n) is 9.00. The molecule has 5 nitrogen and oxygen atoms in total. The lowest BCUT2D eigenvalue weighted by molar-refractivity contribution is 0.451. The molecule has 0 radical (unpaired) electrons. The van der Waals surface area contributed by atoms with Gasteiger partial charge in [-0.05, 0) is 48.7 Å². The van der Waals surface area contributed by atoms with Gasteiger partial charge >= 0.3 is 0 Å². The molecular formula is C21H20ClFN2O3S. The predicted molar refractivity (Wildman–Crippen MR) is 110 cm³/mol. The second-order valence-corrected chi connectivity index (χ2v) is 8.43. The standard InChI is InChI=1S/C21H20ClFN2O3S/c22-12-2-4-16-8-10-20(11-9-16)29(26,27)25-15-17-5-3-13-24-21(17)28-19-7-1-6-18(23)14-19/h1,3,5-11,13-14,25H,2,4,12,15H2. The fraction of sp³-hybridized carbons (Fsp3) is 0.190. The Balaban J connectivity index is 1.70. The zero-order chi connectivity index (χ0) is 20.7. The Morgan fingerprint density at radius 1 is 1.07 bits per heavy atom. The summed E-state index contributed by atoms with van der Waals surface area (Å²) in [5.74, 6) is 0.611. The minimum absolute atomic E-state index is 0.0190. The lowest BCUT2D eigenvalue weighted by Crippen LogP contribution is -2.23. The van der Waals surface area contributed by atoms with Gasteiger partial charge in [0, 0.05) is 30.3 Å². The van der Waals surface area contributed by atoms with Crippen LogP contribution in [0.3, 0.4) is 0 Å². The molecule has 29 heavy (non-hydrogen) atoms. The van der Waals surface area contributed by atoms with E-state index in [0.29, 0.717) is 11.4 Å². The summed E-state index contributed by atoms with van der Waals surface area (Å²) in [5.41, 5.74) is 1.56. The highest BCUT2D eigenvalue weighted by molar-refractivity contribution is 7.89. The van der Waals surface area contributed by atoms with Crippen molar-refractivity contribution in [1.29, 1.82) is 0 Å². The Labute approximate surface area is 174 Å². The second-order valence-electron chi connectivity index (χ2n) is 6.29. The number of sulfonamides is 1. The summed E-state index contributed by atoms with van der Waals surface area (Å²) in [7, 11) is -3.71. The number of nitrogens with zero attached hydrogens (tertiary/aromatic N) is 1. The lowest BCUT2D eigenvalue weighted by Gasteiger charge is -2.11. The van der Waals surface area contributed by atoms with Crippen molar-refractivity contribution in [2.75, 3.05) is 5.88 Å². The van der Waals surface area contributed by atoms with E-state index in [1.165, 1.54) is 24.4 Å². The maximum absolute atomic E-state index is 13.4. The van der Waals surface area contributed by atoms with E-state index in [1.54, 1.807) is 42.5 Å². The van der Waals surface area contributed by atoms with Crippen LogP contribution in [-0.4, -0.2) is 19.3 Å². The summed E-state index contributed by atoms with van der Waals surface area (Å²) >= 11 is 5.69. The van der Waals surface area contributed by atoms with Gasteiger partial charge in [-0.2, -0.15) is 0 Å². The van der Waals surface area contributed by atoms with Crippen molar-refractivity contribution < 1.29 is 17.5 Å². The largest absolute Gasteiger partial charge is 0.439 e. The summed E-state index contributed by atoms with van der Waals surface area (Å²) in [4.78, 5) is 4.30. The Morgan fingerprint density at radius 2 is 1.86 bits per heavy atom. The van der Waals surface area contributed by atoms with Crippen LogP contribution in [0.1, 0.15) is 17.5 Å².